The van der Waals surface area contributed by atoms with E-state index in [0.717, 1.165) is 31.5 Å². The van der Waals surface area contributed by atoms with Gasteiger partial charge >= 0.3 is 0 Å². The fourth-order valence-electron chi connectivity index (χ4n) is 4.30. The summed E-state index contributed by atoms with van der Waals surface area (Å²) in [5, 5.41) is 2.88. The lowest BCUT2D eigenvalue weighted by Gasteiger charge is -2.42. The van der Waals surface area contributed by atoms with Crippen LogP contribution in [-0.4, -0.2) is 46.0 Å². The number of carbonyl (C=O) groups excluding carboxylic acids is 1. The number of rotatable bonds is 7. The molecule has 1 saturated heterocycles. The van der Waals surface area contributed by atoms with Crippen molar-refractivity contribution in [2.24, 2.45) is 5.92 Å². The Balaban J connectivity index is 1.72. The number of ether oxygens (including phenoxy) is 1. The van der Waals surface area contributed by atoms with Crippen LogP contribution in [0.4, 0.5) is 11.6 Å². The Morgan fingerprint density at radius 3 is 2.45 bits per heavy atom. The number of benzene rings is 1. The van der Waals surface area contributed by atoms with Crippen molar-refractivity contribution in [3.05, 3.63) is 47.3 Å². The highest BCUT2D eigenvalue weighted by Crippen LogP contribution is 2.36. The summed E-state index contributed by atoms with van der Waals surface area (Å²) in [6.07, 6.45) is 2.36. The molecule has 1 aliphatic heterocycles. The topological polar surface area (TPSA) is 93.4 Å². The van der Waals surface area contributed by atoms with Crippen LogP contribution < -0.4 is 11.1 Å². The molecule has 7 heteroatoms. The van der Waals surface area contributed by atoms with Crippen molar-refractivity contribution in [3.63, 3.8) is 0 Å². The fourth-order valence-corrected chi connectivity index (χ4v) is 4.30. The molecule has 3 atom stereocenters. The maximum absolute atomic E-state index is 12.5. The molecule has 1 aliphatic rings. The second-order valence-electron chi connectivity index (χ2n) is 8.58. The van der Waals surface area contributed by atoms with Gasteiger partial charge in [-0.3, -0.25) is 4.79 Å². The summed E-state index contributed by atoms with van der Waals surface area (Å²) in [6, 6.07) is 10.1. The zero-order valence-corrected chi connectivity index (χ0v) is 19.3. The number of nitrogens with zero attached hydrogens (tertiary/aromatic N) is 3. The highest BCUT2D eigenvalue weighted by Gasteiger charge is 2.34. The van der Waals surface area contributed by atoms with Gasteiger partial charge in [0.2, 0.25) is 5.95 Å². The second-order valence-corrected chi connectivity index (χ2v) is 8.58. The van der Waals surface area contributed by atoms with Crippen molar-refractivity contribution in [1.82, 2.24) is 14.9 Å². The summed E-state index contributed by atoms with van der Waals surface area (Å²) in [5.74, 6) is 0.265. The average Bonchev–Trinajstić information content (AvgIpc) is 2.74. The second kappa shape index (κ2) is 10.2. The van der Waals surface area contributed by atoms with Gasteiger partial charge in [0, 0.05) is 17.4 Å². The molecule has 7 nitrogen and oxygen atoms in total. The maximum atomic E-state index is 12.5. The minimum Gasteiger partial charge on any atom is -0.370 e. The molecular weight excluding hydrogens is 390 g/mol. The third-order valence-corrected chi connectivity index (χ3v) is 6.05. The van der Waals surface area contributed by atoms with Crippen LogP contribution in [0.15, 0.2) is 30.3 Å². The van der Waals surface area contributed by atoms with E-state index in [2.05, 4.69) is 47.9 Å². The van der Waals surface area contributed by atoms with E-state index in [-0.39, 0.29) is 29.8 Å². The highest BCUT2D eigenvalue weighted by molar-refractivity contribution is 6.03. The standard InChI is InChI=1S/C24H35N5O2/c1-6-29(7-2)19-13-21(15(3)4)31-22(14-19)17-8-10-18(11-9-17)27-23(30)20-12-16(5)26-24(25)28-20/h8-12,15,19,21-22H,6-7,13-14H2,1-5H3,(H,27,30)(H2,25,26,28)/t19-,21-,22+/m1/s1. The number of aryl methyl sites for hydroxylation is 1. The number of nitrogens with two attached hydrogens (primary N) is 1. The average molecular weight is 426 g/mol. The van der Waals surface area contributed by atoms with Gasteiger partial charge in [0.1, 0.15) is 5.69 Å². The number of anilines is 2. The van der Waals surface area contributed by atoms with E-state index in [0.29, 0.717) is 23.3 Å². The van der Waals surface area contributed by atoms with Gasteiger partial charge in [0.05, 0.1) is 12.2 Å². The smallest absolute Gasteiger partial charge is 0.274 e. The minimum atomic E-state index is -0.305. The van der Waals surface area contributed by atoms with Gasteiger partial charge in [0.15, 0.2) is 0 Å². The molecule has 31 heavy (non-hydrogen) atoms. The molecule has 168 valence electrons. The van der Waals surface area contributed by atoms with E-state index >= 15 is 0 Å². The molecule has 2 heterocycles. The molecule has 3 rings (SSSR count). The number of nitrogen functional groups attached to an aromatic ring is 1. The normalized spacial score (nSPS) is 21.5. The van der Waals surface area contributed by atoms with Crippen LogP contribution in [0.1, 0.15) is 68.4 Å². The number of aromatic nitrogens is 2. The van der Waals surface area contributed by atoms with Gasteiger partial charge in [-0.15, -0.1) is 0 Å². The van der Waals surface area contributed by atoms with Crippen molar-refractivity contribution >= 4 is 17.5 Å². The fraction of sp³-hybridized carbons (Fsp3) is 0.542. The van der Waals surface area contributed by atoms with Gasteiger partial charge in [-0.2, -0.15) is 0 Å². The van der Waals surface area contributed by atoms with E-state index in [4.69, 9.17) is 10.5 Å². The quantitative estimate of drug-likeness (QED) is 0.690. The number of hydrogen-bond donors (Lipinski definition) is 2. The summed E-state index contributed by atoms with van der Waals surface area (Å²) in [7, 11) is 0. The number of nitrogens with one attached hydrogen (secondary N) is 1. The first-order valence-corrected chi connectivity index (χ1v) is 11.2. The molecule has 0 aliphatic carbocycles. The molecule has 1 aromatic carbocycles. The lowest BCUT2D eigenvalue weighted by Crippen LogP contribution is -2.44. The molecule has 0 unspecified atom stereocenters. The van der Waals surface area contributed by atoms with E-state index in [1.54, 1.807) is 13.0 Å². The molecule has 2 aromatic rings. The van der Waals surface area contributed by atoms with E-state index < -0.39 is 0 Å². The Kier molecular flexibility index (Phi) is 7.62. The number of amides is 1. The van der Waals surface area contributed by atoms with Gasteiger partial charge in [-0.25, -0.2) is 9.97 Å². The SMILES string of the molecule is CCN(CC)[C@H]1C[C@@H](c2ccc(NC(=O)c3cc(C)nc(N)n3)cc2)O[C@@H](C(C)C)C1. The van der Waals surface area contributed by atoms with Crippen LogP contribution >= 0.6 is 0 Å². The minimum absolute atomic E-state index is 0.0563. The summed E-state index contributed by atoms with van der Waals surface area (Å²) >= 11 is 0. The van der Waals surface area contributed by atoms with E-state index in [1.807, 2.05) is 24.3 Å². The first-order valence-electron chi connectivity index (χ1n) is 11.2. The summed E-state index contributed by atoms with van der Waals surface area (Å²) in [5.41, 5.74) is 8.42. The summed E-state index contributed by atoms with van der Waals surface area (Å²) in [4.78, 5) is 23.1. The van der Waals surface area contributed by atoms with Crippen molar-refractivity contribution in [2.45, 2.75) is 65.7 Å². The summed E-state index contributed by atoms with van der Waals surface area (Å²) < 4.78 is 6.48. The Hall–Kier alpha value is -2.51. The Bertz CT molecular complexity index is 860. The predicted molar refractivity (Wildman–Crippen MR) is 124 cm³/mol. The molecule has 0 saturated carbocycles. The lowest BCUT2D eigenvalue weighted by atomic mass is 9.89. The molecule has 0 radical (unpaired) electrons. The lowest BCUT2D eigenvalue weighted by molar-refractivity contribution is -0.101. The third-order valence-electron chi connectivity index (χ3n) is 6.05. The van der Waals surface area contributed by atoms with Crippen molar-refractivity contribution in [2.75, 3.05) is 24.1 Å². The number of hydrogen-bond acceptors (Lipinski definition) is 6. The van der Waals surface area contributed by atoms with Crippen LogP contribution in [0.25, 0.3) is 0 Å². The maximum Gasteiger partial charge on any atom is 0.274 e. The van der Waals surface area contributed by atoms with Crippen LogP contribution in [-0.2, 0) is 4.74 Å². The first kappa shape index (κ1) is 23.2. The van der Waals surface area contributed by atoms with Gasteiger partial charge < -0.3 is 20.7 Å². The molecule has 3 N–H and O–H groups in total. The molecule has 0 bridgehead atoms. The van der Waals surface area contributed by atoms with Crippen LogP contribution in [0.5, 0.6) is 0 Å². The number of carbonyl (C=O) groups is 1. The third kappa shape index (κ3) is 5.80. The Morgan fingerprint density at radius 2 is 1.87 bits per heavy atom. The first-order chi connectivity index (χ1) is 14.8. The van der Waals surface area contributed by atoms with E-state index in [1.165, 1.54) is 0 Å². The monoisotopic (exact) mass is 425 g/mol. The van der Waals surface area contributed by atoms with Gasteiger partial charge in [-0.1, -0.05) is 39.8 Å². The summed E-state index contributed by atoms with van der Waals surface area (Å²) in [6.45, 7) is 12.8. The van der Waals surface area contributed by atoms with Crippen molar-refractivity contribution < 1.29 is 9.53 Å². The zero-order chi connectivity index (χ0) is 22.5. The molecule has 0 spiro atoms. The van der Waals surface area contributed by atoms with Gasteiger partial charge in [0.25, 0.3) is 5.91 Å². The molecule has 1 aromatic heterocycles. The highest BCUT2D eigenvalue weighted by atomic mass is 16.5. The zero-order valence-electron chi connectivity index (χ0n) is 19.3. The molecule has 1 amide bonds. The van der Waals surface area contributed by atoms with Crippen molar-refractivity contribution in [3.8, 4) is 0 Å². The Labute approximate surface area is 185 Å². The predicted octanol–water partition coefficient (Wildman–Crippen LogP) is 4.21. The van der Waals surface area contributed by atoms with E-state index in [9.17, 15) is 4.79 Å². The largest absolute Gasteiger partial charge is 0.370 e. The van der Waals surface area contributed by atoms with Crippen LogP contribution in [0.2, 0.25) is 0 Å². The molecule has 1 fully saturated rings. The molecular formula is C24H35N5O2. The van der Waals surface area contributed by atoms with Crippen LogP contribution in [0.3, 0.4) is 0 Å². The van der Waals surface area contributed by atoms with Crippen molar-refractivity contribution in [1.29, 1.82) is 0 Å². The van der Waals surface area contributed by atoms with Gasteiger partial charge in [-0.05, 0) is 62.5 Å². The Morgan fingerprint density at radius 1 is 1.19 bits per heavy atom. The van der Waals surface area contributed by atoms with Crippen LogP contribution in [0, 0.1) is 12.8 Å².